The lowest BCUT2D eigenvalue weighted by atomic mass is 9.80. The highest BCUT2D eigenvalue weighted by atomic mass is 35.5. The van der Waals surface area contributed by atoms with Gasteiger partial charge >= 0.3 is 0 Å². The van der Waals surface area contributed by atoms with E-state index in [-0.39, 0.29) is 10.3 Å². The summed E-state index contributed by atoms with van der Waals surface area (Å²) < 4.78 is 28.5. The highest BCUT2D eigenvalue weighted by molar-refractivity contribution is 7.90. The molecular weight excluding hydrogens is 336 g/mol. The molecule has 5 nitrogen and oxygen atoms in total. The van der Waals surface area contributed by atoms with Crippen molar-refractivity contribution in [2.75, 3.05) is 26.0 Å². The normalized spacial score (nSPS) is 26.7. The van der Waals surface area contributed by atoms with Crippen LogP contribution in [0.1, 0.15) is 25.7 Å². The van der Waals surface area contributed by atoms with Crippen LogP contribution in [0, 0.1) is 11.3 Å². The van der Waals surface area contributed by atoms with Gasteiger partial charge in [0.25, 0.3) is 0 Å². The van der Waals surface area contributed by atoms with Crippen molar-refractivity contribution >= 4 is 21.4 Å². The van der Waals surface area contributed by atoms with Gasteiger partial charge in [-0.1, -0.05) is 0 Å². The van der Waals surface area contributed by atoms with Crippen molar-refractivity contribution < 1.29 is 13.2 Å². The third-order valence-corrected chi connectivity index (χ3v) is 6.63. The van der Waals surface area contributed by atoms with Crippen LogP contribution in [0.2, 0.25) is 0 Å². The molecule has 7 heteroatoms. The predicted molar refractivity (Wildman–Crippen MR) is 89.7 cm³/mol. The van der Waals surface area contributed by atoms with Crippen molar-refractivity contribution in [3.8, 4) is 5.88 Å². The molecule has 1 N–H and O–H groups in total. The fourth-order valence-electron chi connectivity index (χ4n) is 3.51. The molecule has 0 bridgehead atoms. The topological polar surface area (TPSA) is 68.3 Å². The lowest BCUT2D eigenvalue weighted by molar-refractivity contribution is 0.185. The molecule has 1 aliphatic heterocycles. The first kappa shape index (κ1) is 17.0. The minimum atomic E-state index is -3.21. The Morgan fingerprint density at radius 1 is 1.43 bits per heavy atom. The van der Waals surface area contributed by atoms with E-state index in [1.165, 1.54) is 31.4 Å². The van der Waals surface area contributed by atoms with Crippen LogP contribution in [-0.4, -0.2) is 44.7 Å². The van der Waals surface area contributed by atoms with E-state index < -0.39 is 9.84 Å². The van der Waals surface area contributed by atoms with Crippen LogP contribution >= 0.6 is 11.6 Å². The van der Waals surface area contributed by atoms with Crippen molar-refractivity contribution in [3.63, 3.8) is 0 Å². The summed E-state index contributed by atoms with van der Waals surface area (Å²) in [4.78, 5) is 4.29. The van der Waals surface area contributed by atoms with Crippen LogP contribution in [-0.2, 0) is 9.84 Å². The van der Waals surface area contributed by atoms with E-state index in [1.54, 1.807) is 6.07 Å². The van der Waals surface area contributed by atoms with Crippen molar-refractivity contribution in [2.24, 2.45) is 11.3 Å². The lowest BCUT2D eigenvalue weighted by Gasteiger charge is -2.34. The third kappa shape index (κ3) is 3.98. The SMILES string of the molecule is CS(=O)(=O)c1ccc(OCCC2(C3CCNCC3Cl)CC2)nc1. The molecule has 2 aliphatic rings. The van der Waals surface area contributed by atoms with E-state index in [1.807, 2.05) is 0 Å². The van der Waals surface area contributed by atoms with E-state index >= 15 is 0 Å². The number of hydrogen-bond acceptors (Lipinski definition) is 5. The number of alkyl halides is 1. The molecule has 2 unspecified atom stereocenters. The number of nitrogens with zero attached hydrogens (tertiary/aromatic N) is 1. The zero-order valence-corrected chi connectivity index (χ0v) is 14.9. The monoisotopic (exact) mass is 358 g/mol. The van der Waals surface area contributed by atoms with Gasteiger partial charge in [0.2, 0.25) is 5.88 Å². The summed E-state index contributed by atoms with van der Waals surface area (Å²) in [5.41, 5.74) is 0.335. The van der Waals surface area contributed by atoms with Gasteiger partial charge in [0, 0.05) is 30.4 Å². The molecule has 2 fully saturated rings. The number of nitrogens with one attached hydrogen (secondary N) is 1. The van der Waals surface area contributed by atoms with Crippen molar-refractivity contribution in [1.82, 2.24) is 10.3 Å². The summed E-state index contributed by atoms with van der Waals surface area (Å²) in [7, 11) is -3.21. The Hall–Kier alpha value is -0.850. The van der Waals surface area contributed by atoms with Gasteiger partial charge in [-0.3, -0.25) is 0 Å². The fourth-order valence-corrected chi connectivity index (χ4v) is 4.57. The van der Waals surface area contributed by atoms with Crippen LogP contribution < -0.4 is 10.1 Å². The first-order chi connectivity index (χ1) is 10.9. The van der Waals surface area contributed by atoms with Gasteiger partial charge in [0.05, 0.1) is 11.5 Å². The Kier molecular flexibility index (Phi) is 4.85. The van der Waals surface area contributed by atoms with Gasteiger partial charge in [0.1, 0.15) is 0 Å². The average molecular weight is 359 g/mol. The number of piperidine rings is 1. The summed E-state index contributed by atoms with van der Waals surface area (Å²) in [6.45, 7) is 2.53. The smallest absolute Gasteiger partial charge is 0.213 e. The Morgan fingerprint density at radius 3 is 2.78 bits per heavy atom. The fraction of sp³-hybridized carbons (Fsp3) is 0.688. The lowest BCUT2D eigenvalue weighted by Crippen LogP contribution is -2.41. The Labute approximate surface area is 142 Å². The standard InChI is InChI=1S/C16H23ClN2O3S/c1-23(20,21)12-2-3-15(19-10-12)22-9-7-16(5-6-16)13-4-8-18-11-14(13)17/h2-3,10,13-14,18H,4-9,11H2,1H3. The Bertz CT molecular complexity index is 644. The summed E-state index contributed by atoms with van der Waals surface area (Å²) in [5.74, 6) is 1.04. The molecule has 1 aromatic heterocycles. The molecule has 1 saturated heterocycles. The molecule has 0 amide bonds. The van der Waals surface area contributed by atoms with Gasteiger partial charge < -0.3 is 10.1 Å². The number of pyridine rings is 1. The van der Waals surface area contributed by atoms with E-state index in [9.17, 15) is 8.42 Å². The maximum Gasteiger partial charge on any atom is 0.213 e. The third-order valence-electron chi connectivity index (χ3n) is 5.07. The molecule has 0 radical (unpaired) electrons. The molecule has 128 valence electrons. The highest BCUT2D eigenvalue weighted by Gasteiger charge is 2.51. The first-order valence-electron chi connectivity index (χ1n) is 8.04. The van der Waals surface area contributed by atoms with Gasteiger partial charge in [-0.2, -0.15) is 0 Å². The highest BCUT2D eigenvalue weighted by Crippen LogP contribution is 2.58. The van der Waals surface area contributed by atoms with Gasteiger partial charge in [-0.05, 0) is 49.6 Å². The van der Waals surface area contributed by atoms with Gasteiger partial charge in [0.15, 0.2) is 9.84 Å². The van der Waals surface area contributed by atoms with Crippen LogP contribution in [0.3, 0.4) is 0 Å². The van der Waals surface area contributed by atoms with Crippen molar-refractivity contribution in [1.29, 1.82) is 0 Å². The first-order valence-corrected chi connectivity index (χ1v) is 10.4. The summed E-state index contributed by atoms with van der Waals surface area (Å²) in [6.07, 6.45) is 7.09. The van der Waals surface area contributed by atoms with Crippen molar-refractivity contribution in [2.45, 2.75) is 36.0 Å². The van der Waals surface area contributed by atoms with E-state index in [4.69, 9.17) is 16.3 Å². The summed E-state index contributed by atoms with van der Waals surface area (Å²) >= 11 is 6.49. The van der Waals surface area contributed by atoms with Crippen LogP contribution in [0.5, 0.6) is 5.88 Å². The molecular formula is C16H23ClN2O3S. The second kappa shape index (κ2) is 6.57. The summed E-state index contributed by atoms with van der Waals surface area (Å²) in [5, 5.41) is 3.55. The van der Waals surface area contributed by atoms with E-state index in [0.717, 1.165) is 25.9 Å². The minimum Gasteiger partial charge on any atom is -0.478 e. The maximum absolute atomic E-state index is 11.4. The molecule has 0 aromatic carbocycles. The number of ether oxygens (including phenoxy) is 1. The largest absolute Gasteiger partial charge is 0.478 e. The number of aromatic nitrogens is 1. The predicted octanol–water partition coefficient (Wildman–Crippen LogP) is 2.25. The molecule has 3 rings (SSSR count). The van der Waals surface area contributed by atoms with Crippen LogP contribution in [0.15, 0.2) is 23.2 Å². The summed E-state index contributed by atoms with van der Waals surface area (Å²) in [6, 6.07) is 3.15. The quantitative estimate of drug-likeness (QED) is 0.790. The van der Waals surface area contributed by atoms with Crippen LogP contribution in [0.25, 0.3) is 0 Å². The molecule has 1 saturated carbocycles. The second-order valence-electron chi connectivity index (χ2n) is 6.68. The molecule has 1 aliphatic carbocycles. The molecule has 0 spiro atoms. The Morgan fingerprint density at radius 2 is 2.22 bits per heavy atom. The van der Waals surface area contributed by atoms with E-state index in [2.05, 4.69) is 10.3 Å². The second-order valence-corrected chi connectivity index (χ2v) is 9.26. The zero-order chi connectivity index (χ0) is 16.5. The number of halogens is 1. The molecule has 23 heavy (non-hydrogen) atoms. The van der Waals surface area contributed by atoms with Crippen LogP contribution in [0.4, 0.5) is 0 Å². The van der Waals surface area contributed by atoms with E-state index in [0.29, 0.717) is 23.8 Å². The molecule has 2 atom stereocenters. The minimum absolute atomic E-state index is 0.207. The number of sulfone groups is 1. The molecule has 2 heterocycles. The zero-order valence-electron chi connectivity index (χ0n) is 13.3. The molecule has 1 aromatic rings. The number of rotatable bonds is 6. The van der Waals surface area contributed by atoms with Crippen molar-refractivity contribution in [3.05, 3.63) is 18.3 Å². The number of hydrogen-bond donors (Lipinski definition) is 1. The van der Waals surface area contributed by atoms with Gasteiger partial charge in [-0.25, -0.2) is 13.4 Å². The maximum atomic E-state index is 11.4. The Balaban J connectivity index is 1.53. The van der Waals surface area contributed by atoms with Gasteiger partial charge in [-0.15, -0.1) is 11.6 Å². The average Bonchev–Trinajstić information content (AvgIpc) is 3.28.